The fourth-order valence-corrected chi connectivity index (χ4v) is 4.61. The summed E-state index contributed by atoms with van der Waals surface area (Å²) in [5.41, 5.74) is 3.32. The second-order valence-electron chi connectivity index (χ2n) is 8.65. The van der Waals surface area contributed by atoms with Crippen molar-refractivity contribution in [3.8, 4) is 0 Å². The summed E-state index contributed by atoms with van der Waals surface area (Å²) in [7, 11) is 0. The van der Waals surface area contributed by atoms with Gasteiger partial charge in [-0.3, -0.25) is 14.6 Å². The molecule has 6 heteroatoms. The van der Waals surface area contributed by atoms with Crippen LogP contribution >= 0.6 is 0 Å². The summed E-state index contributed by atoms with van der Waals surface area (Å²) in [4.78, 5) is 30.1. The molecule has 32 heavy (non-hydrogen) atoms. The summed E-state index contributed by atoms with van der Waals surface area (Å²) in [5, 5.41) is 15.0. The minimum absolute atomic E-state index is 0.0387. The maximum absolute atomic E-state index is 13.1. The second kappa shape index (κ2) is 10.1. The lowest BCUT2D eigenvalue weighted by atomic mass is 9.78. The summed E-state index contributed by atoms with van der Waals surface area (Å²) in [6, 6.07) is 10.0. The highest BCUT2D eigenvalue weighted by Crippen LogP contribution is 2.34. The Balaban J connectivity index is 1.56. The van der Waals surface area contributed by atoms with Gasteiger partial charge in [0.05, 0.1) is 16.8 Å². The first-order chi connectivity index (χ1) is 15.6. The van der Waals surface area contributed by atoms with Gasteiger partial charge in [-0.15, -0.1) is 0 Å². The molecule has 2 aliphatic rings. The molecule has 0 bridgehead atoms. The Morgan fingerprint density at radius 2 is 1.97 bits per heavy atom. The van der Waals surface area contributed by atoms with Gasteiger partial charge >= 0.3 is 0 Å². The van der Waals surface area contributed by atoms with Crippen LogP contribution in [0, 0.1) is 0 Å². The van der Waals surface area contributed by atoms with Gasteiger partial charge in [0.1, 0.15) is 11.5 Å². The maximum atomic E-state index is 13.1. The van der Waals surface area contributed by atoms with Crippen LogP contribution in [0.5, 0.6) is 0 Å². The van der Waals surface area contributed by atoms with Crippen LogP contribution in [-0.4, -0.2) is 34.1 Å². The quantitative estimate of drug-likeness (QED) is 0.361. The number of aliphatic hydroxyl groups is 1. The minimum Gasteiger partial charge on any atom is -0.511 e. The van der Waals surface area contributed by atoms with E-state index in [1.165, 1.54) is 0 Å². The van der Waals surface area contributed by atoms with Crippen molar-refractivity contribution in [1.29, 1.82) is 0 Å². The molecule has 1 saturated carbocycles. The van der Waals surface area contributed by atoms with Crippen molar-refractivity contribution in [2.45, 2.75) is 70.6 Å². The van der Waals surface area contributed by atoms with Gasteiger partial charge in [0.15, 0.2) is 11.6 Å². The summed E-state index contributed by atoms with van der Waals surface area (Å²) >= 11 is 0. The van der Waals surface area contributed by atoms with Crippen LogP contribution in [0.3, 0.4) is 0 Å². The Morgan fingerprint density at radius 1 is 1.16 bits per heavy atom. The average Bonchev–Trinajstić information content (AvgIpc) is 3.22. The van der Waals surface area contributed by atoms with Crippen molar-refractivity contribution in [2.75, 3.05) is 6.54 Å². The zero-order valence-corrected chi connectivity index (χ0v) is 18.6. The number of carbonyl (C=O) groups excluding carboxylic acids is 2. The standard InChI is InChI=1S/C26H30N2O4/c1-2-3-14-27-20-15-18(17-8-5-4-6-9-17)16-23(31)25(20)22(30)13-12-19-26-21(29)10-7-11-24(26)32-28-19/h4-6,8-9,18,30H,2-3,7,10-16H2,1H3. The highest BCUT2D eigenvalue weighted by atomic mass is 16.5. The molecule has 0 aliphatic heterocycles. The van der Waals surface area contributed by atoms with E-state index < -0.39 is 0 Å². The number of ketones is 2. The number of benzene rings is 1. The molecular weight excluding hydrogens is 404 g/mol. The van der Waals surface area contributed by atoms with Gasteiger partial charge in [0, 0.05) is 44.4 Å². The molecule has 1 heterocycles. The van der Waals surface area contributed by atoms with E-state index in [1.807, 2.05) is 30.3 Å². The van der Waals surface area contributed by atoms with Crippen LogP contribution in [0.1, 0.15) is 85.2 Å². The fraction of sp³-hybridized carbons (Fsp3) is 0.462. The fourth-order valence-electron chi connectivity index (χ4n) is 4.61. The Hall–Kier alpha value is -3.02. The predicted molar refractivity (Wildman–Crippen MR) is 122 cm³/mol. The molecule has 1 unspecified atom stereocenters. The average molecular weight is 435 g/mol. The third kappa shape index (κ3) is 4.74. The van der Waals surface area contributed by atoms with Gasteiger partial charge in [0.2, 0.25) is 0 Å². The van der Waals surface area contributed by atoms with Gasteiger partial charge < -0.3 is 9.63 Å². The number of allylic oxidation sites excluding steroid dienone is 2. The predicted octanol–water partition coefficient (Wildman–Crippen LogP) is 5.33. The van der Waals surface area contributed by atoms with Crippen LogP contribution in [0.25, 0.3) is 0 Å². The smallest absolute Gasteiger partial charge is 0.168 e. The Morgan fingerprint density at radius 3 is 2.75 bits per heavy atom. The first-order valence-corrected chi connectivity index (χ1v) is 11.6. The number of fused-ring (bicyclic) bond motifs is 1. The van der Waals surface area contributed by atoms with Gasteiger partial charge in [0.25, 0.3) is 0 Å². The number of carbonyl (C=O) groups is 2. The van der Waals surface area contributed by atoms with Crippen LogP contribution in [0.4, 0.5) is 0 Å². The number of nitrogens with zero attached hydrogens (tertiary/aromatic N) is 2. The number of Topliss-reactive ketones (excluding diaryl/α,β-unsaturated/α-hetero) is 2. The zero-order chi connectivity index (χ0) is 22.5. The highest BCUT2D eigenvalue weighted by Gasteiger charge is 2.33. The zero-order valence-electron chi connectivity index (χ0n) is 18.6. The molecule has 168 valence electrons. The number of aliphatic hydroxyl groups excluding tert-OH is 1. The van der Waals surface area contributed by atoms with Crippen molar-refractivity contribution in [1.82, 2.24) is 5.16 Å². The van der Waals surface area contributed by atoms with Crippen LogP contribution < -0.4 is 0 Å². The van der Waals surface area contributed by atoms with Crippen LogP contribution in [0.2, 0.25) is 0 Å². The number of rotatable bonds is 7. The Kier molecular flexibility index (Phi) is 6.98. The first kappa shape index (κ1) is 22.2. The summed E-state index contributed by atoms with van der Waals surface area (Å²) in [6.07, 6.45) is 5.54. The lowest BCUT2D eigenvalue weighted by molar-refractivity contribution is -0.116. The van der Waals surface area contributed by atoms with Gasteiger partial charge in [-0.05, 0) is 30.7 Å². The third-order valence-electron chi connectivity index (χ3n) is 6.33. The largest absolute Gasteiger partial charge is 0.511 e. The molecule has 1 fully saturated rings. The molecule has 0 saturated heterocycles. The molecule has 1 aromatic carbocycles. The topological polar surface area (TPSA) is 92.8 Å². The lowest BCUT2D eigenvalue weighted by Gasteiger charge is -2.26. The summed E-state index contributed by atoms with van der Waals surface area (Å²) < 4.78 is 5.35. The molecule has 1 aromatic heterocycles. The van der Waals surface area contributed by atoms with E-state index in [2.05, 4.69) is 12.1 Å². The van der Waals surface area contributed by atoms with E-state index in [9.17, 15) is 14.7 Å². The number of aryl methyl sites for hydroxylation is 2. The molecule has 2 aromatic rings. The van der Waals surface area contributed by atoms with Crippen molar-refractivity contribution < 1.29 is 19.2 Å². The minimum atomic E-state index is -0.0730. The molecular formula is C26H30N2O4. The Labute approximate surface area is 188 Å². The maximum Gasteiger partial charge on any atom is 0.168 e. The number of unbranched alkanes of at least 4 members (excludes halogenated alkanes) is 1. The summed E-state index contributed by atoms with van der Waals surface area (Å²) in [5.74, 6) is 0.731. The monoisotopic (exact) mass is 434 g/mol. The SMILES string of the molecule is CCCCN=C1CC(c2ccccc2)CC(=O)C1=C(O)CCc1noc2c1C(=O)CCC2. The van der Waals surface area contributed by atoms with E-state index in [-0.39, 0.29) is 29.7 Å². The van der Waals surface area contributed by atoms with Gasteiger partial charge in [-0.25, -0.2) is 0 Å². The second-order valence-corrected chi connectivity index (χ2v) is 8.65. The van der Waals surface area contributed by atoms with Crippen LogP contribution in [-0.2, 0) is 17.6 Å². The molecule has 2 aliphatic carbocycles. The normalized spacial score (nSPS) is 21.7. The summed E-state index contributed by atoms with van der Waals surface area (Å²) in [6.45, 7) is 2.75. The highest BCUT2D eigenvalue weighted by molar-refractivity contribution is 6.24. The molecule has 4 rings (SSSR count). The molecule has 0 radical (unpaired) electrons. The van der Waals surface area contributed by atoms with Crippen molar-refractivity contribution in [2.24, 2.45) is 4.99 Å². The van der Waals surface area contributed by atoms with Crippen molar-refractivity contribution in [3.05, 3.63) is 64.2 Å². The first-order valence-electron chi connectivity index (χ1n) is 11.6. The molecule has 0 spiro atoms. The van der Waals surface area contributed by atoms with Crippen molar-refractivity contribution >= 4 is 17.3 Å². The number of hydrogen-bond donors (Lipinski definition) is 1. The van der Waals surface area contributed by atoms with E-state index in [0.717, 1.165) is 31.2 Å². The molecule has 1 N–H and O–H groups in total. The Bertz CT molecular complexity index is 1050. The molecule has 0 amide bonds. The molecule has 1 atom stereocenters. The van der Waals surface area contributed by atoms with Gasteiger partial charge in [-0.2, -0.15) is 0 Å². The number of hydrogen-bond acceptors (Lipinski definition) is 6. The van der Waals surface area contributed by atoms with E-state index in [4.69, 9.17) is 9.52 Å². The van der Waals surface area contributed by atoms with Gasteiger partial charge in [-0.1, -0.05) is 48.8 Å². The van der Waals surface area contributed by atoms with E-state index in [1.54, 1.807) is 0 Å². The third-order valence-corrected chi connectivity index (χ3v) is 6.33. The number of aromatic nitrogens is 1. The number of aliphatic imine (C=N–C) groups is 1. The van der Waals surface area contributed by atoms with Crippen LogP contribution in [0.15, 0.2) is 51.2 Å². The van der Waals surface area contributed by atoms with E-state index >= 15 is 0 Å². The van der Waals surface area contributed by atoms with E-state index in [0.29, 0.717) is 60.5 Å². The lowest BCUT2D eigenvalue weighted by Crippen LogP contribution is -2.27. The van der Waals surface area contributed by atoms with Crippen molar-refractivity contribution in [3.63, 3.8) is 0 Å². The molecule has 6 nitrogen and oxygen atoms in total.